The molecular formula is C38H48N11NaO18S6. The Bertz CT molecular complexity index is 3630. The summed E-state index contributed by atoms with van der Waals surface area (Å²) < 4.78 is 211. The van der Waals surface area contributed by atoms with Crippen molar-refractivity contribution in [2.75, 3.05) is 42.8 Å². The third kappa shape index (κ3) is 13.1. The van der Waals surface area contributed by atoms with Crippen molar-refractivity contribution in [2.24, 2.45) is 10.2 Å². The molecule has 0 saturated heterocycles. The fraction of sp³-hybridized carbons (Fsp3) is 0.263. The second kappa shape index (κ2) is 22.3. The molecule has 2 aliphatic rings. The van der Waals surface area contributed by atoms with Crippen molar-refractivity contribution in [1.82, 2.24) is 30.3 Å². The van der Waals surface area contributed by atoms with Crippen LogP contribution in [0.4, 0.5) is 17.1 Å². The average Bonchev–Trinajstić information content (AvgIpc) is 3.88. The monoisotopic (exact) mass is 1160 g/mol. The van der Waals surface area contributed by atoms with E-state index in [1.165, 1.54) is 28.4 Å². The van der Waals surface area contributed by atoms with Gasteiger partial charge in [-0.05, 0) is 60.2 Å². The van der Waals surface area contributed by atoms with Crippen molar-refractivity contribution in [3.8, 4) is 0 Å². The molecule has 2 aliphatic heterocycles. The van der Waals surface area contributed by atoms with E-state index in [0.29, 0.717) is 30.3 Å². The minimum atomic E-state index is -5.27. The van der Waals surface area contributed by atoms with E-state index in [9.17, 15) is 77.8 Å². The van der Waals surface area contributed by atoms with Crippen LogP contribution in [-0.4, -0.2) is 147 Å². The van der Waals surface area contributed by atoms with Gasteiger partial charge in [0.05, 0.1) is 21.2 Å². The molecule has 0 aliphatic carbocycles. The molecule has 0 bridgehead atoms. The van der Waals surface area contributed by atoms with Crippen LogP contribution in [0.2, 0.25) is 0 Å². The van der Waals surface area contributed by atoms with E-state index in [4.69, 9.17) is 5.73 Å². The number of nitrogens with one attached hydrogen (secondary N) is 2. The second-order valence-electron chi connectivity index (χ2n) is 15.5. The summed E-state index contributed by atoms with van der Waals surface area (Å²) in [6, 6.07) is 9.87. The Balaban J connectivity index is 0.00000608. The summed E-state index contributed by atoms with van der Waals surface area (Å²) in [6.07, 6.45) is 1.59. The molecule has 4 aromatic carbocycles. The Morgan fingerprint density at radius 3 is 1.30 bits per heavy atom. The molecule has 0 amide bonds. The number of rotatable bonds is 20. The van der Waals surface area contributed by atoms with Crippen molar-refractivity contribution in [1.29, 1.82) is 0 Å². The van der Waals surface area contributed by atoms with Crippen LogP contribution in [0.5, 0.6) is 0 Å². The van der Waals surface area contributed by atoms with Gasteiger partial charge in [0.2, 0.25) is 0 Å². The molecule has 2 unspecified atom stereocenters. The molecule has 400 valence electrons. The van der Waals surface area contributed by atoms with E-state index < -0.39 is 119 Å². The molecule has 10 N–H and O–H groups in total. The summed E-state index contributed by atoms with van der Waals surface area (Å²) in [6.45, 7) is 8.02. The fourth-order valence-electron chi connectivity index (χ4n) is 7.64. The third-order valence-electron chi connectivity index (χ3n) is 11.0. The van der Waals surface area contributed by atoms with Crippen molar-refractivity contribution in [2.45, 2.75) is 69.4 Å². The molecule has 0 radical (unpaired) electrons. The summed E-state index contributed by atoms with van der Waals surface area (Å²) in [4.78, 5) is -4.93. The van der Waals surface area contributed by atoms with Crippen molar-refractivity contribution in [3.63, 3.8) is 0 Å². The minimum absolute atomic E-state index is 0. The summed E-state index contributed by atoms with van der Waals surface area (Å²) in [5.74, 6) is 0. The summed E-state index contributed by atoms with van der Waals surface area (Å²) in [5, 5.41) is 16.7. The number of nitrogen functional groups attached to an aromatic ring is 1. The van der Waals surface area contributed by atoms with Crippen LogP contribution in [0.15, 0.2) is 106 Å². The first-order valence-electron chi connectivity index (χ1n) is 20.9. The number of benzene rings is 4. The van der Waals surface area contributed by atoms with Crippen LogP contribution < -0.4 is 46.1 Å². The van der Waals surface area contributed by atoms with Crippen LogP contribution >= 0.6 is 0 Å². The molecule has 36 heteroatoms. The topological polar surface area (TPSA) is 420 Å². The quantitative estimate of drug-likeness (QED) is 0.0238. The normalized spacial score (nSPS) is 16.8. The predicted molar refractivity (Wildman–Crippen MR) is 262 cm³/mol. The van der Waals surface area contributed by atoms with E-state index in [1.807, 2.05) is 0 Å². The molecule has 0 saturated carbocycles. The van der Waals surface area contributed by atoms with E-state index >= 15 is 0 Å². The van der Waals surface area contributed by atoms with Gasteiger partial charge in [0.15, 0.2) is 12.3 Å². The first-order valence-corrected chi connectivity index (χ1v) is 29.5. The summed E-state index contributed by atoms with van der Waals surface area (Å²) in [7, 11) is -30.5. The molecule has 74 heavy (non-hydrogen) atoms. The van der Waals surface area contributed by atoms with Gasteiger partial charge in [-0.25, -0.2) is 20.0 Å². The number of hydrazine groups is 4. The molecule has 2 atom stereocenters. The number of hydrogen-bond acceptors (Lipinski definition) is 23. The zero-order valence-corrected chi connectivity index (χ0v) is 46.2. The number of hydrazone groups is 2. The predicted octanol–water partition coefficient (Wildman–Crippen LogP) is -0.277. The summed E-state index contributed by atoms with van der Waals surface area (Å²) in [5.41, 5.74) is 9.36. The summed E-state index contributed by atoms with van der Waals surface area (Å²) >= 11 is 0. The third-order valence-corrected chi connectivity index (χ3v) is 16.3. The molecule has 0 aromatic heterocycles. The zero-order valence-electron chi connectivity index (χ0n) is 40.3. The van der Waals surface area contributed by atoms with Gasteiger partial charge in [0, 0.05) is 48.6 Å². The molecule has 0 spiro atoms. The minimum Gasteiger partial charge on any atom is -1.00 e. The Morgan fingerprint density at radius 2 is 0.919 bits per heavy atom. The maximum atomic E-state index is 13.2. The van der Waals surface area contributed by atoms with Crippen LogP contribution in [0, 0.1) is 0 Å². The standard InChI is InChI=1S/C38H47N11O18S6.Na.H/c1-5-44(6-2)48-37(46(22-40-48)42-31-20-27(68(50,51)52)12-15-33(31)70(56,57)58)25-10-9-24(35(18-25)72(62,63)64)11-14-29-30(39)17-26(19-36(29)73(65,66)67)38-47(23-41-49(38)45(7-3)8-4)43-32-21-28(69(53,54)55)13-16-34(32)71(59,60)61;;/h9-23,37-38,42-43H,5-8,39H2,1-4H3,(H,50,51,52)(H,53,54,55)(H,56,57,58)(H,59,60,61)(H,62,63,64)(H,65,66,67);;/q;+1;-1. The van der Waals surface area contributed by atoms with E-state index in [1.54, 1.807) is 37.7 Å². The largest absolute Gasteiger partial charge is 1.00 e. The van der Waals surface area contributed by atoms with Crippen molar-refractivity contribution in [3.05, 3.63) is 89.0 Å². The second-order valence-corrected chi connectivity index (χ2v) is 23.9. The molecule has 6 rings (SSSR count). The van der Waals surface area contributed by atoms with Gasteiger partial charge in [0.25, 0.3) is 60.7 Å². The Labute approximate surface area is 449 Å². The van der Waals surface area contributed by atoms with Crippen LogP contribution in [0.3, 0.4) is 0 Å². The van der Waals surface area contributed by atoms with Gasteiger partial charge in [-0.3, -0.25) is 38.2 Å². The number of anilines is 3. The smallest absolute Gasteiger partial charge is 1.00 e. The van der Waals surface area contributed by atoms with Gasteiger partial charge in [0.1, 0.15) is 32.3 Å². The maximum Gasteiger partial charge on any atom is 1.00 e. The Hall–Kier alpha value is -5.06. The van der Waals surface area contributed by atoms with E-state index in [0.717, 1.165) is 53.0 Å². The number of nitrogens with two attached hydrogens (primary N) is 1. The first kappa shape index (κ1) is 59.8. The van der Waals surface area contributed by atoms with Gasteiger partial charge in [-0.1, -0.05) is 52.0 Å². The molecule has 29 nitrogen and oxygen atoms in total. The van der Waals surface area contributed by atoms with E-state index in [-0.39, 0.29) is 79.5 Å². The SMILES string of the molecule is CCN(CC)N1N=CN(Nc2cc(S(=O)(=O)O)ccc2S(=O)(=O)O)C1c1ccc(C=Cc2c(N)cc(C3N(Nc4cc(S(=O)(=O)O)ccc4S(=O)(=O)O)C=NN3N(CC)CC)cc2S(=O)(=O)O)c(S(=O)(=O)O)c1.[H-].[Na+]. The van der Waals surface area contributed by atoms with Gasteiger partial charge < -0.3 is 7.16 Å². The molecule has 4 aromatic rings. The average molecular weight is 1160 g/mol. The molecule has 0 fully saturated rings. The molecule has 2 heterocycles. The Kier molecular flexibility index (Phi) is 18.0. The Morgan fingerprint density at radius 1 is 0.527 bits per heavy atom. The van der Waals surface area contributed by atoms with Gasteiger partial charge in [-0.15, -0.1) is 10.2 Å². The maximum absolute atomic E-state index is 13.2. The van der Waals surface area contributed by atoms with E-state index in [2.05, 4.69) is 21.1 Å². The van der Waals surface area contributed by atoms with Gasteiger partial charge >= 0.3 is 29.6 Å². The zero-order chi connectivity index (χ0) is 54.4. The van der Waals surface area contributed by atoms with Crippen molar-refractivity contribution >= 4 is 103 Å². The van der Waals surface area contributed by atoms with Crippen LogP contribution in [0.1, 0.15) is 63.7 Å². The van der Waals surface area contributed by atoms with Crippen molar-refractivity contribution < 1.29 is 109 Å². The fourth-order valence-corrected chi connectivity index (χ4v) is 11.4. The first-order chi connectivity index (χ1) is 33.7. The number of nitrogens with zero attached hydrogens (tertiary/aromatic N) is 8. The molecular weight excluding hydrogens is 1110 g/mol. The number of hydrogen-bond donors (Lipinski definition) is 9. The van der Waals surface area contributed by atoms with Crippen LogP contribution in [-0.2, 0) is 60.7 Å². The van der Waals surface area contributed by atoms with Gasteiger partial charge in [-0.2, -0.15) is 60.7 Å². The van der Waals surface area contributed by atoms with Crippen LogP contribution in [0.25, 0.3) is 12.2 Å².